The van der Waals surface area contributed by atoms with Gasteiger partial charge in [0, 0.05) is 4.88 Å². The Morgan fingerprint density at radius 2 is 2.00 bits per heavy atom. The van der Waals surface area contributed by atoms with E-state index in [0.29, 0.717) is 11.1 Å². The molecule has 1 aromatic carbocycles. The number of hydrogen-bond donors (Lipinski definition) is 1. The van der Waals surface area contributed by atoms with E-state index in [1.54, 1.807) is 31.4 Å². The summed E-state index contributed by atoms with van der Waals surface area (Å²) in [5, 5.41) is 10.8. The van der Waals surface area contributed by atoms with Crippen LogP contribution < -0.4 is 15.0 Å². The lowest BCUT2D eigenvalue weighted by Crippen LogP contribution is -2.30. The van der Waals surface area contributed by atoms with E-state index in [1.807, 2.05) is 13.0 Å². The third-order valence-corrected chi connectivity index (χ3v) is 5.01. The lowest BCUT2D eigenvalue weighted by Gasteiger charge is -2.14. The van der Waals surface area contributed by atoms with Gasteiger partial charge in [-0.3, -0.25) is 9.36 Å². The second-order valence-corrected chi connectivity index (χ2v) is 6.74. The number of fused-ring (bicyclic) bond motifs is 1. The van der Waals surface area contributed by atoms with Gasteiger partial charge in [-0.2, -0.15) is 0 Å². The Bertz CT molecular complexity index is 902. The molecule has 0 saturated heterocycles. The van der Waals surface area contributed by atoms with Gasteiger partial charge in [0.25, 0.3) is 5.56 Å². The van der Waals surface area contributed by atoms with Gasteiger partial charge in [0.05, 0.1) is 25.4 Å². The minimum absolute atomic E-state index is 0.0840. The number of thiophene rings is 1. The maximum atomic E-state index is 12.5. The SMILES string of the molecule is CCc1cc2c(=O)n(CC(O)COc3ccc(OC)cc3)cnc2s1. The molecular formula is C18H20N2O4S. The molecule has 0 aliphatic rings. The van der Waals surface area contributed by atoms with Crippen LogP contribution in [0.25, 0.3) is 10.2 Å². The van der Waals surface area contributed by atoms with E-state index in [4.69, 9.17) is 9.47 Å². The van der Waals surface area contributed by atoms with Crippen LogP contribution in [0.2, 0.25) is 0 Å². The Balaban J connectivity index is 1.65. The molecule has 0 aliphatic heterocycles. The van der Waals surface area contributed by atoms with Crippen LogP contribution in [0.5, 0.6) is 11.5 Å². The second-order valence-electron chi connectivity index (χ2n) is 5.63. The van der Waals surface area contributed by atoms with E-state index in [-0.39, 0.29) is 18.7 Å². The van der Waals surface area contributed by atoms with Crippen LogP contribution in [0.15, 0.2) is 41.5 Å². The number of aliphatic hydroxyl groups is 1. The highest BCUT2D eigenvalue weighted by Crippen LogP contribution is 2.21. The maximum Gasteiger partial charge on any atom is 0.262 e. The lowest BCUT2D eigenvalue weighted by molar-refractivity contribution is 0.0914. The number of rotatable bonds is 7. The topological polar surface area (TPSA) is 73.6 Å². The predicted molar refractivity (Wildman–Crippen MR) is 97.8 cm³/mol. The number of aromatic nitrogens is 2. The van der Waals surface area contributed by atoms with Crippen molar-refractivity contribution < 1.29 is 14.6 Å². The van der Waals surface area contributed by atoms with Crippen LogP contribution in [0.1, 0.15) is 11.8 Å². The molecule has 0 radical (unpaired) electrons. The number of aliphatic hydroxyl groups excluding tert-OH is 1. The van der Waals surface area contributed by atoms with Crippen molar-refractivity contribution in [1.82, 2.24) is 9.55 Å². The summed E-state index contributed by atoms with van der Waals surface area (Å²) >= 11 is 1.53. The molecule has 0 amide bonds. The molecule has 7 heteroatoms. The summed E-state index contributed by atoms with van der Waals surface area (Å²) in [7, 11) is 1.60. The number of benzene rings is 1. The van der Waals surface area contributed by atoms with Gasteiger partial charge in [-0.25, -0.2) is 4.98 Å². The van der Waals surface area contributed by atoms with Crippen molar-refractivity contribution in [3.05, 3.63) is 51.9 Å². The summed E-state index contributed by atoms with van der Waals surface area (Å²) in [4.78, 5) is 18.7. The van der Waals surface area contributed by atoms with E-state index in [0.717, 1.165) is 21.9 Å². The van der Waals surface area contributed by atoms with Crippen molar-refractivity contribution in [2.45, 2.75) is 26.0 Å². The number of methoxy groups -OCH3 is 1. The first-order valence-electron chi connectivity index (χ1n) is 8.03. The fraction of sp³-hybridized carbons (Fsp3) is 0.333. The molecule has 1 atom stereocenters. The molecule has 2 heterocycles. The number of hydrogen-bond acceptors (Lipinski definition) is 6. The zero-order valence-electron chi connectivity index (χ0n) is 14.1. The van der Waals surface area contributed by atoms with E-state index >= 15 is 0 Å². The van der Waals surface area contributed by atoms with Gasteiger partial charge in [0.15, 0.2) is 0 Å². The summed E-state index contributed by atoms with van der Waals surface area (Å²) < 4.78 is 12.1. The molecule has 0 aliphatic carbocycles. The van der Waals surface area contributed by atoms with Gasteiger partial charge >= 0.3 is 0 Å². The normalized spacial score (nSPS) is 12.3. The van der Waals surface area contributed by atoms with Gasteiger partial charge in [-0.1, -0.05) is 6.92 Å². The van der Waals surface area contributed by atoms with E-state index in [1.165, 1.54) is 22.2 Å². The lowest BCUT2D eigenvalue weighted by atomic mass is 10.3. The number of nitrogens with zero attached hydrogens (tertiary/aromatic N) is 2. The molecule has 0 bridgehead atoms. The van der Waals surface area contributed by atoms with E-state index in [9.17, 15) is 9.90 Å². The Kier molecular flexibility index (Phi) is 5.35. The van der Waals surface area contributed by atoms with Gasteiger partial charge in [0.2, 0.25) is 0 Å². The third kappa shape index (κ3) is 4.00. The van der Waals surface area contributed by atoms with Crippen LogP contribution in [0, 0.1) is 0 Å². The molecular weight excluding hydrogens is 340 g/mol. The van der Waals surface area contributed by atoms with Crippen LogP contribution in [-0.4, -0.2) is 34.5 Å². The highest BCUT2D eigenvalue weighted by atomic mass is 32.1. The fourth-order valence-corrected chi connectivity index (χ4v) is 3.38. The first-order chi connectivity index (χ1) is 12.1. The molecule has 6 nitrogen and oxygen atoms in total. The summed E-state index contributed by atoms with van der Waals surface area (Å²) in [6.45, 7) is 2.26. The van der Waals surface area contributed by atoms with Gasteiger partial charge in [-0.15, -0.1) is 11.3 Å². The van der Waals surface area contributed by atoms with Crippen LogP contribution in [0.3, 0.4) is 0 Å². The molecule has 132 valence electrons. The van der Waals surface area contributed by atoms with Crippen LogP contribution in [-0.2, 0) is 13.0 Å². The van der Waals surface area contributed by atoms with Crippen molar-refractivity contribution in [3.8, 4) is 11.5 Å². The Labute approximate surface area is 149 Å². The van der Waals surface area contributed by atoms with Gasteiger partial charge in [-0.05, 0) is 36.8 Å². The van der Waals surface area contributed by atoms with E-state index < -0.39 is 6.10 Å². The quantitative estimate of drug-likeness (QED) is 0.701. The average molecular weight is 360 g/mol. The highest BCUT2D eigenvalue weighted by molar-refractivity contribution is 7.18. The van der Waals surface area contributed by atoms with Crippen LogP contribution in [0.4, 0.5) is 0 Å². The third-order valence-electron chi connectivity index (χ3n) is 3.83. The Morgan fingerprint density at radius 3 is 2.68 bits per heavy atom. The number of ether oxygens (including phenoxy) is 2. The molecule has 3 aromatic rings. The minimum atomic E-state index is -0.816. The van der Waals surface area contributed by atoms with Crippen molar-refractivity contribution >= 4 is 21.6 Å². The first kappa shape index (κ1) is 17.4. The zero-order chi connectivity index (χ0) is 17.8. The van der Waals surface area contributed by atoms with E-state index in [2.05, 4.69) is 4.98 Å². The molecule has 0 fully saturated rings. The minimum Gasteiger partial charge on any atom is -0.497 e. The standard InChI is InChI=1S/C18H20N2O4S/c1-3-15-8-16-17(25-15)19-11-20(18(16)22)9-12(21)10-24-14-6-4-13(23-2)5-7-14/h4-8,11-12,21H,3,9-10H2,1-2H3. The molecule has 3 rings (SSSR count). The average Bonchev–Trinajstić information content (AvgIpc) is 3.07. The molecule has 1 N–H and O–H groups in total. The summed E-state index contributed by atoms with van der Waals surface area (Å²) in [5.74, 6) is 1.37. The maximum absolute atomic E-state index is 12.5. The zero-order valence-corrected chi connectivity index (χ0v) is 15.0. The monoisotopic (exact) mass is 360 g/mol. The number of aryl methyl sites for hydroxylation is 1. The smallest absolute Gasteiger partial charge is 0.262 e. The molecule has 25 heavy (non-hydrogen) atoms. The largest absolute Gasteiger partial charge is 0.497 e. The summed E-state index contributed by atoms with van der Waals surface area (Å²) in [5.41, 5.74) is -0.135. The summed E-state index contributed by atoms with van der Waals surface area (Å²) in [6.07, 6.45) is 1.54. The highest BCUT2D eigenvalue weighted by Gasteiger charge is 2.12. The molecule has 1 unspecified atom stereocenters. The van der Waals surface area contributed by atoms with Crippen molar-refractivity contribution in [2.75, 3.05) is 13.7 Å². The molecule has 0 spiro atoms. The first-order valence-corrected chi connectivity index (χ1v) is 8.85. The van der Waals surface area contributed by atoms with Gasteiger partial charge in [0.1, 0.15) is 29.0 Å². The predicted octanol–water partition coefficient (Wildman–Crippen LogP) is 2.47. The van der Waals surface area contributed by atoms with Crippen molar-refractivity contribution in [3.63, 3.8) is 0 Å². The fourth-order valence-electron chi connectivity index (χ4n) is 2.46. The van der Waals surface area contributed by atoms with Crippen molar-refractivity contribution in [2.24, 2.45) is 0 Å². The van der Waals surface area contributed by atoms with Crippen molar-refractivity contribution in [1.29, 1.82) is 0 Å². The molecule has 0 saturated carbocycles. The Morgan fingerprint density at radius 1 is 1.28 bits per heavy atom. The second kappa shape index (κ2) is 7.67. The van der Waals surface area contributed by atoms with Crippen LogP contribution >= 0.6 is 11.3 Å². The Hall–Kier alpha value is -2.38. The summed E-state index contributed by atoms with van der Waals surface area (Å²) in [6, 6.07) is 8.98. The molecule has 2 aromatic heterocycles. The van der Waals surface area contributed by atoms with Gasteiger partial charge < -0.3 is 14.6 Å².